The zero-order chi connectivity index (χ0) is 13.2. The minimum absolute atomic E-state index is 0.438. The second kappa shape index (κ2) is 5.51. The zero-order valence-electron chi connectivity index (χ0n) is 11.0. The third-order valence-corrected chi connectivity index (χ3v) is 5.22. The van der Waals surface area contributed by atoms with E-state index in [1.807, 2.05) is 5.38 Å². The molecule has 0 bridgehead atoms. The molecular formula is C14H20N2O2S. The Morgan fingerprint density at radius 1 is 1.21 bits per heavy atom. The summed E-state index contributed by atoms with van der Waals surface area (Å²) in [4.78, 5) is 16.3. The van der Waals surface area contributed by atoms with Crippen LogP contribution in [0.15, 0.2) is 11.4 Å². The number of aromatic carboxylic acids is 1. The molecule has 0 amide bonds. The van der Waals surface area contributed by atoms with E-state index in [1.54, 1.807) is 6.07 Å². The van der Waals surface area contributed by atoms with Crippen molar-refractivity contribution in [2.45, 2.75) is 31.7 Å². The van der Waals surface area contributed by atoms with Crippen molar-refractivity contribution in [2.24, 2.45) is 0 Å². The van der Waals surface area contributed by atoms with Gasteiger partial charge in [0.25, 0.3) is 0 Å². The van der Waals surface area contributed by atoms with E-state index in [1.165, 1.54) is 37.0 Å². The van der Waals surface area contributed by atoms with E-state index in [0.717, 1.165) is 37.9 Å². The number of carboxylic acids is 1. The molecule has 1 saturated carbocycles. The molecule has 4 nitrogen and oxygen atoms in total. The molecule has 2 fully saturated rings. The molecule has 1 aromatic rings. The Hall–Kier alpha value is -1.07. The van der Waals surface area contributed by atoms with Crippen LogP contribution in [0.2, 0.25) is 0 Å². The summed E-state index contributed by atoms with van der Waals surface area (Å²) in [5.74, 6) is -0.819. The van der Waals surface area contributed by atoms with Crippen LogP contribution in [0.1, 0.15) is 35.4 Å². The molecule has 104 valence electrons. The minimum Gasteiger partial charge on any atom is -0.477 e. The maximum absolute atomic E-state index is 10.9. The molecule has 2 heterocycles. The van der Waals surface area contributed by atoms with E-state index in [4.69, 9.17) is 5.11 Å². The van der Waals surface area contributed by atoms with Crippen LogP contribution in [-0.4, -0.2) is 48.2 Å². The van der Waals surface area contributed by atoms with E-state index < -0.39 is 5.97 Å². The largest absolute Gasteiger partial charge is 0.477 e. The summed E-state index contributed by atoms with van der Waals surface area (Å²) in [7, 11) is 0. The van der Waals surface area contributed by atoms with Crippen molar-refractivity contribution in [3.05, 3.63) is 16.3 Å². The first kappa shape index (κ1) is 12.9. The highest BCUT2D eigenvalue weighted by atomic mass is 32.1. The fourth-order valence-corrected chi connectivity index (χ4v) is 3.97. The lowest BCUT2D eigenvalue weighted by atomic mass is 10.2. The Morgan fingerprint density at radius 3 is 2.47 bits per heavy atom. The lowest BCUT2D eigenvalue weighted by Gasteiger charge is -2.38. The van der Waals surface area contributed by atoms with Crippen LogP contribution in [-0.2, 0) is 0 Å². The maximum atomic E-state index is 10.9. The van der Waals surface area contributed by atoms with Crippen molar-refractivity contribution in [1.82, 2.24) is 4.90 Å². The monoisotopic (exact) mass is 280 g/mol. The summed E-state index contributed by atoms with van der Waals surface area (Å²) in [6.45, 7) is 4.27. The lowest BCUT2D eigenvalue weighted by Crippen LogP contribution is -2.49. The summed E-state index contributed by atoms with van der Waals surface area (Å²) in [6.07, 6.45) is 5.50. The van der Waals surface area contributed by atoms with E-state index in [-0.39, 0.29) is 0 Å². The van der Waals surface area contributed by atoms with Gasteiger partial charge in [0.05, 0.1) is 0 Å². The predicted octanol–water partition coefficient (Wildman–Crippen LogP) is 2.51. The van der Waals surface area contributed by atoms with Crippen LogP contribution in [0, 0.1) is 0 Å². The highest BCUT2D eigenvalue weighted by molar-refractivity contribution is 7.12. The highest BCUT2D eigenvalue weighted by Crippen LogP contribution is 2.27. The van der Waals surface area contributed by atoms with Crippen molar-refractivity contribution in [3.8, 4) is 0 Å². The van der Waals surface area contributed by atoms with E-state index in [2.05, 4.69) is 9.80 Å². The standard InChI is InChI=1S/C14H20N2O2S/c17-14(18)13-9-12(10-19-13)16-7-5-15(6-8-16)11-3-1-2-4-11/h9-11H,1-8H2,(H,17,18). The van der Waals surface area contributed by atoms with E-state index in [9.17, 15) is 4.79 Å². The normalized spacial score (nSPS) is 22.0. The molecule has 19 heavy (non-hydrogen) atoms. The van der Waals surface area contributed by atoms with E-state index >= 15 is 0 Å². The molecule has 3 rings (SSSR count). The van der Waals surface area contributed by atoms with Gasteiger partial charge in [0.15, 0.2) is 0 Å². The van der Waals surface area contributed by atoms with Gasteiger partial charge in [-0.05, 0) is 18.9 Å². The Balaban J connectivity index is 1.58. The van der Waals surface area contributed by atoms with Crippen molar-refractivity contribution in [2.75, 3.05) is 31.1 Å². The molecule has 0 atom stereocenters. The van der Waals surface area contributed by atoms with Gasteiger partial charge >= 0.3 is 5.97 Å². The Labute approximate surface area is 117 Å². The number of carboxylic acid groups (broad SMARTS) is 1. The van der Waals surface area contributed by atoms with Crippen LogP contribution in [0.5, 0.6) is 0 Å². The minimum atomic E-state index is -0.819. The second-order valence-corrected chi connectivity index (χ2v) is 6.35. The maximum Gasteiger partial charge on any atom is 0.345 e. The van der Waals surface area contributed by atoms with Crippen LogP contribution in [0.4, 0.5) is 5.69 Å². The predicted molar refractivity (Wildman–Crippen MR) is 77.3 cm³/mol. The van der Waals surface area contributed by atoms with Crippen molar-refractivity contribution >= 4 is 23.0 Å². The van der Waals surface area contributed by atoms with Gasteiger partial charge in [-0.15, -0.1) is 11.3 Å². The van der Waals surface area contributed by atoms with Crippen LogP contribution >= 0.6 is 11.3 Å². The number of thiophene rings is 1. The molecule has 0 unspecified atom stereocenters. The van der Waals surface area contributed by atoms with Gasteiger partial charge in [-0.3, -0.25) is 4.90 Å². The molecule has 2 aliphatic rings. The smallest absolute Gasteiger partial charge is 0.345 e. The molecule has 1 aliphatic heterocycles. The summed E-state index contributed by atoms with van der Waals surface area (Å²) < 4.78 is 0. The highest BCUT2D eigenvalue weighted by Gasteiger charge is 2.26. The number of carbonyl (C=O) groups is 1. The Bertz CT molecular complexity index is 446. The molecule has 0 aromatic carbocycles. The number of hydrogen-bond acceptors (Lipinski definition) is 4. The van der Waals surface area contributed by atoms with Gasteiger partial charge in [-0.2, -0.15) is 0 Å². The first-order valence-corrected chi connectivity index (χ1v) is 7.93. The number of anilines is 1. The average Bonchev–Trinajstić information content (AvgIpc) is 3.11. The molecule has 1 aliphatic carbocycles. The number of hydrogen-bond donors (Lipinski definition) is 1. The zero-order valence-corrected chi connectivity index (χ0v) is 11.9. The van der Waals surface area contributed by atoms with Gasteiger partial charge in [-0.1, -0.05) is 12.8 Å². The van der Waals surface area contributed by atoms with Gasteiger partial charge < -0.3 is 10.0 Å². The van der Waals surface area contributed by atoms with Crippen molar-refractivity contribution in [3.63, 3.8) is 0 Å². The molecule has 1 aromatic heterocycles. The molecule has 1 N–H and O–H groups in total. The Kier molecular flexibility index (Phi) is 3.75. The van der Waals surface area contributed by atoms with Crippen molar-refractivity contribution < 1.29 is 9.90 Å². The quantitative estimate of drug-likeness (QED) is 0.924. The third kappa shape index (κ3) is 2.77. The summed E-state index contributed by atoms with van der Waals surface area (Å²) in [6, 6.07) is 2.61. The lowest BCUT2D eigenvalue weighted by molar-refractivity contribution is 0.0702. The first-order chi connectivity index (χ1) is 9.24. The molecule has 0 spiro atoms. The van der Waals surface area contributed by atoms with Crippen LogP contribution < -0.4 is 4.90 Å². The third-order valence-electron chi connectivity index (χ3n) is 4.32. The summed E-state index contributed by atoms with van der Waals surface area (Å²) >= 11 is 1.32. The molecular weight excluding hydrogens is 260 g/mol. The van der Waals surface area contributed by atoms with Crippen molar-refractivity contribution in [1.29, 1.82) is 0 Å². The fourth-order valence-electron chi connectivity index (χ4n) is 3.22. The molecule has 1 saturated heterocycles. The van der Waals surface area contributed by atoms with Gasteiger partial charge in [0.1, 0.15) is 4.88 Å². The number of nitrogens with zero attached hydrogens (tertiary/aromatic N) is 2. The summed E-state index contributed by atoms with van der Waals surface area (Å²) in [5.41, 5.74) is 1.08. The topological polar surface area (TPSA) is 43.8 Å². The molecule has 0 radical (unpaired) electrons. The average molecular weight is 280 g/mol. The first-order valence-electron chi connectivity index (χ1n) is 7.05. The summed E-state index contributed by atoms with van der Waals surface area (Å²) in [5, 5.41) is 10.9. The van der Waals surface area contributed by atoms with Gasteiger partial charge in [-0.25, -0.2) is 4.79 Å². The van der Waals surface area contributed by atoms with Crippen LogP contribution in [0.25, 0.3) is 0 Å². The number of piperazine rings is 1. The van der Waals surface area contributed by atoms with Crippen LogP contribution in [0.3, 0.4) is 0 Å². The number of rotatable bonds is 3. The van der Waals surface area contributed by atoms with E-state index in [0.29, 0.717) is 4.88 Å². The SMILES string of the molecule is O=C(O)c1cc(N2CCN(C3CCCC3)CC2)cs1. The fraction of sp³-hybridized carbons (Fsp3) is 0.643. The second-order valence-electron chi connectivity index (χ2n) is 5.44. The Morgan fingerprint density at radius 2 is 1.89 bits per heavy atom. The molecule has 5 heteroatoms. The van der Waals surface area contributed by atoms with Gasteiger partial charge in [0, 0.05) is 43.3 Å². The van der Waals surface area contributed by atoms with Gasteiger partial charge in [0.2, 0.25) is 0 Å².